The van der Waals surface area contributed by atoms with Crippen molar-refractivity contribution in [1.82, 2.24) is 25.1 Å². The van der Waals surface area contributed by atoms with Crippen molar-refractivity contribution < 1.29 is 4.79 Å². The van der Waals surface area contributed by atoms with Crippen LogP contribution in [0, 0.1) is 0 Å². The molecule has 2 aromatic heterocycles. The van der Waals surface area contributed by atoms with Gasteiger partial charge in [-0.05, 0) is 30.6 Å². The zero-order valence-corrected chi connectivity index (χ0v) is 15.7. The standard InChI is InChI=1S/C18H21N5O3S/c1-27-11-9-14(18-20-12-4-2-3-5-13(12)21-18)19-15(24)8-10-23-17(26)7-6-16(25)22-23/h2-7,14H,8-11H2,1H3,(H,19,24)(H,20,21)(H,22,25)/t14-/m1/s1. The van der Waals surface area contributed by atoms with E-state index in [2.05, 4.69) is 20.4 Å². The lowest BCUT2D eigenvalue weighted by atomic mass is 10.2. The molecule has 0 unspecified atom stereocenters. The van der Waals surface area contributed by atoms with E-state index >= 15 is 0 Å². The van der Waals surface area contributed by atoms with Crippen LogP contribution in [0.2, 0.25) is 0 Å². The van der Waals surface area contributed by atoms with Crippen LogP contribution in [0.4, 0.5) is 0 Å². The van der Waals surface area contributed by atoms with Crippen LogP contribution in [0.15, 0.2) is 46.0 Å². The van der Waals surface area contributed by atoms with Gasteiger partial charge in [0.1, 0.15) is 5.82 Å². The highest BCUT2D eigenvalue weighted by atomic mass is 32.2. The molecular formula is C18H21N5O3S. The number of thioether (sulfide) groups is 1. The molecule has 1 aromatic carbocycles. The van der Waals surface area contributed by atoms with Gasteiger partial charge in [0, 0.05) is 18.6 Å². The van der Waals surface area contributed by atoms with Gasteiger partial charge in [-0.15, -0.1) is 0 Å². The van der Waals surface area contributed by atoms with Crippen molar-refractivity contribution in [1.29, 1.82) is 0 Å². The van der Waals surface area contributed by atoms with Crippen LogP contribution in [0.25, 0.3) is 11.0 Å². The average Bonchev–Trinajstić information content (AvgIpc) is 3.10. The molecule has 3 N–H and O–H groups in total. The molecular weight excluding hydrogens is 366 g/mol. The Morgan fingerprint density at radius 2 is 2.07 bits per heavy atom. The molecule has 0 saturated heterocycles. The summed E-state index contributed by atoms with van der Waals surface area (Å²) in [5.41, 5.74) is 1.04. The van der Waals surface area contributed by atoms with Gasteiger partial charge < -0.3 is 10.3 Å². The Hall–Kier alpha value is -2.81. The third-order valence-electron chi connectivity index (χ3n) is 4.13. The molecule has 0 saturated carbocycles. The number of carbonyl (C=O) groups is 1. The van der Waals surface area contributed by atoms with Gasteiger partial charge in [0.15, 0.2) is 0 Å². The lowest BCUT2D eigenvalue weighted by Crippen LogP contribution is -2.33. The zero-order valence-electron chi connectivity index (χ0n) is 14.9. The molecule has 0 aliphatic rings. The highest BCUT2D eigenvalue weighted by Crippen LogP contribution is 2.20. The summed E-state index contributed by atoms with van der Waals surface area (Å²) in [7, 11) is 0. The summed E-state index contributed by atoms with van der Waals surface area (Å²) in [6, 6.07) is 9.81. The molecule has 3 aromatic rings. The first-order valence-corrected chi connectivity index (χ1v) is 9.99. The third kappa shape index (κ3) is 4.88. The Balaban J connectivity index is 1.69. The maximum Gasteiger partial charge on any atom is 0.265 e. The SMILES string of the molecule is CSCC[C@@H](NC(=O)CCn1[nH]c(=O)ccc1=O)c1nc2ccccc2[nH]1. The van der Waals surface area contributed by atoms with E-state index in [1.54, 1.807) is 11.8 Å². The summed E-state index contributed by atoms with van der Waals surface area (Å²) >= 11 is 1.69. The highest BCUT2D eigenvalue weighted by molar-refractivity contribution is 7.98. The fraction of sp³-hybridized carbons (Fsp3) is 0.333. The Morgan fingerprint density at radius 3 is 2.85 bits per heavy atom. The van der Waals surface area contributed by atoms with E-state index in [1.807, 2.05) is 30.5 Å². The predicted molar refractivity (Wildman–Crippen MR) is 106 cm³/mol. The monoisotopic (exact) mass is 387 g/mol. The Labute approximate surface area is 159 Å². The number of carbonyl (C=O) groups excluding carboxylic acids is 1. The summed E-state index contributed by atoms with van der Waals surface area (Å²) in [6.07, 6.45) is 2.82. The summed E-state index contributed by atoms with van der Waals surface area (Å²) < 4.78 is 1.14. The molecule has 1 atom stereocenters. The van der Waals surface area contributed by atoms with Crippen LogP contribution in [-0.2, 0) is 11.3 Å². The van der Waals surface area contributed by atoms with Crippen LogP contribution < -0.4 is 16.4 Å². The molecule has 142 valence electrons. The van der Waals surface area contributed by atoms with Crippen molar-refractivity contribution in [2.75, 3.05) is 12.0 Å². The van der Waals surface area contributed by atoms with Crippen molar-refractivity contribution in [2.24, 2.45) is 0 Å². The van der Waals surface area contributed by atoms with Gasteiger partial charge >= 0.3 is 0 Å². The lowest BCUT2D eigenvalue weighted by Gasteiger charge is -2.16. The number of hydrogen-bond donors (Lipinski definition) is 3. The second kappa shape index (κ2) is 8.72. The minimum Gasteiger partial charge on any atom is -0.346 e. The number of imidazole rings is 1. The Kier molecular flexibility index (Phi) is 6.12. The summed E-state index contributed by atoms with van der Waals surface area (Å²) in [6.45, 7) is 0.107. The zero-order chi connectivity index (χ0) is 19.2. The highest BCUT2D eigenvalue weighted by Gasteiger charge is 2.18. The second-order valence-electron chi connectivity index (χ2n) is 6.09. The number of aromatic nitrogens is 4. The number of H-pyrrole nitrogens is 2. The first-order valence-electron chi connectivity index (χ1n) is 8.60. The number of aryl methyl sites for hydroxylation is 1. The van der Waals surface area contributed by atoms with Crippen LogP contribution in [0.1, 0.15) is 24.7 Å². The van der Waals surface area contributed by atoms with E-state index in [0.29, 0.717) is 5.82 Å². The number of hydrogen-bond acceptors (Lipinski definition) is 5. The molecule has 0 spiro atoms. The molecule has 3 rings (SSSR count). The van der Waals surface area contributed by atoms with Crippen molar-refractivity contribution in [2.45, 2.75) is 25.4 Å². The summed E-state index contributed by atoms with van der Waals surface area (Å²) in [5, 5.41) is 5.39. The minimum atomic E-state index is -0.380. The molecule has 1 amide bonds. The van der Waals surface area contributed by atoms with Crippen molar-refractivity contribution in [3.63, 3.8) is 0 Å². The van der Waals surface area contributed by atoms with Crippen LogP contribution in [0.3, 0.4) is 0 Å². The van der Waals surface area contributed by atoms with E-state index in [4.69, 9.17) is 0 Å². The van der Waals surface area contributed by atoms with Crippen LogP contribution >= 0.6 is 11.8 Å². The number of nitrogens with one attached hydrogen (secondary N) is 3. The van der Waals surface area contributed by atoms with Gasteiger partial charge in [-0.3, -0.25) is 19.5 Å². The van der Waals surface area contributed by atoms with Crippen molar-refractivity contribution in [3.8, 4) is 0 Å². The number of benzene rings is 1. The molecule has 0 radical (unpaired) electrons. The fourth-order valence-corrected chi connectivity index (χ4v) is 3.23. The topological polar surface area (TPSA) is 113 Å². The number of fused-ring (bicyclic) bond motifs is 1. The lowest BCUT2D eigenvalue weighted by molar-refractivity contribution is -0.122. The molecule has 9 heteroatoms. The first-order chi connectivity index (χ1) is 13.1. The second-order valence-corrected chi connectivity index (χ2v) is 7.08. The maximum atomic E-state index is 12.4. The normalized spacial score (nSPS) is 12.2. The smallest absolute Gasteiger partial charge is 0.265 e. The molecule has 0 bridgehead atoms. The van der Waals surface area contributed by atoms with Crippen molar-refractivity contribution in [3.05, 3.63) is 62.9 Å². The average molecular weight is 387 g/mol. The van der Waals surface area contributed by atoms with Crippen LogP contribution in [-0.4, -0.2) is 37.7 Å². The molecule has 0 aliphatic carbocycles. The van der Waals surface area contributed by atoms with Crippen molar-refractivity contribution >= 4 is 28.7 Å². The summed E-state index contributed by atoms with van der Waals surface area (Å²) in [5.74, 6) is 1.37. The Morgan fingerprint density at radius 1 is 1.26 bits per heavy atom. The van der Waals surface area contributed by atoms with Gasteiger partial charge in [0.05, 0.1) is 23.6 Å². The number of aromatic amines is 2. The van der Waals surface area contributed by atoms with E-state index in [0.717, 1.165) is 27.9 Å². The van der Waals surface area contributed by atoms with Crippen LogP contribution in [0.5, 0.6) is 0 Å². The molecule has 8 nitrogen and oxygen atoms in total. The van der Waals surface area contributed by atoms with Gasteiger partial charge in [0.2, 0.25) is 5.91 Å². The quantitative estimate of drug-likeness (QED) is 0.541. The van der Waals surface area contributed by atoms with E-state index in [-0.39, 0.29) is 36.0 Å². The third-order valence-corrected chi connectivity index (χ3v) is 4.78. The fourth-order valence-electron chi connectivity index (χ4n) is 2.76. The summed E-state index contributed by atoms with van der Waals surface area (Å²) in [4.78, 5) is 43.3. The van der Waals surface area contributed by atoms with E-state index in [9.17, 15) is 14.4 Å². The molecule has 2 heterocycles. The molecule has 0 aliphatic heterocycles. The van der Waals surface area contributed by atoms with Gasteiger partial charge in [-0.2, -0.15) is 11.8 Å². The number of nitrogens with zero attached hydrogens (tertiary/aromatic N) is 2. The largest absolute Gasteiger partial charge is 0.346 e. The first kappa shape index (κ1) is 19.0. The number of amides is 1. The van der Waals surface area contributed by atoms with E-state index in [1.165, 1.54) is 12.1 Å². The molecule has 0 fully saturated rings. The van der Waals surface area contributed by atoms with Gasteiger partial charge in [0.25, 0.3) is 11.1 Å². The number of para-hydroxylation sites is 2. The number of rotatable bonds is 8. The van der Waals surface area contributed by atoms with E-state index < -0.39 is 0 Å². The molecule has 27 heavy (non-hydrogen) atoms. The van der Waals surface area contributed by atoms with Gasteiger partial charge in [-0.25, -0.2) is 9.67 Å². The predicted octanol–water partition coefficient (Wildman–Crippen LogP) is 1.41. The van der Waals surface area contributed by atoms with Gasteiger partial charge in [-0.1, -0.05) is 12.1 Å². The Bertz CT molecular complexity index is 1010. The maximum absolute atomic E-state index is 12.4. The minimum absolute atomic E-state index is 0.0792.